The van der Waals surface area contributed by atoms with Crippen LogP contribution in [0.25, 0.3) is 0 Å². The van der Waals surface area contributed by atoms with Crippen LogP contribution in [0.15, 0.2) is 24.3 Å². The van der Waals surface area contributed by atoms with E-state index in [0.29, 0.717) is 0 Å². The van der Waals surface area contributed by atoms with Crippen molar-refractivity contribution < 1.29 is 29.7 Å². The van der Waals surface area contributed by atoms with Crippen LogP contribution in [-0.4, -0.2) is 77.8 Å². The first kappa shape index (κ1) is 16.6. The van der Waals surface area contributed by atoms with Crippen molar-refractivity contribution in [3.8, 4) is 0 Å². The van der Waals surface area contributed by atoms with Gasteiger partial charge in [-0.2, -0.15) is 0 Å². The van der Waals surface area contributed by atoms with Crippen LogP contribution in [0.4, 0.5) is 0 Å². The summed E-state index contributed by atoms with van der Waals surface area (Å²) < 4.78 is 0. The van der Waals surface area contributed by atoms with Gasteiger partial charge in [0.05, 0.1) is 17.5 Å². The molecular weight excluding hydrogens is 353 g/mol. The molecule has 6 nitrogen and oxygen atoms in total. The van der Waals surface area contributed by atoms with Crippen molar-refractivity contribution in [1.29, 1.82) is 0 Å². The summed E-state index contributed by atoms with van der Waals surface area (Å²) in [7, 11) is 0. The molecule has 1 rings (SSSR count). The number of ketones is 1. The van der Waals surface area contributed by atoms with Gasteiger partial charge in [0.15, 0.2) is 5.78 Å². The fourth-order valence-corrected chi connectivity index (χ4v) is 1.32. The van der Waals surface area contributed by atoms with Crippen LogP contribution < -0.4 is 10.2 Å². The summed E-state index contributed by atoms with van der Waals surface area (Å²) in [5.74, 6) is -4.90. The molecule has 1 aliphatic rings. The number of Topliss-reactive ketones (excluding diaryl/α,β-unsaturated/α-hetero) is 1. The van der Waals surface area contributed by atoms with Crippen molar-refractivity contribution in [2.45, 2.75) is 12.5 Å². The van der Waals surface area contributed by atoms with E-state index < -0.39 is 35.7 Å². The van der Waals surface area contributed by atoms with Gasteiger partial charge in [-0.25, -0.2) is 0 Å². The van der Waals surface area contributed by atoms with Crippen molar-refractivity contribution >= 4 is 66.6 Å². The van der Waals surface area contributed by atoms with Crippen molar-refractivity contribution in [1.82, 2.24) is 0 Å². The van der Waals surface area contributed by atoms with Gasteiger partial charge in [-0.1, -0.05) is 24.3 Å². The normalized spacial score (nSPS) is 26.1. The number of carbonyl (C=O) groups excluding carboxylic acids is 3. The number of aliphatic hydroxyl groups excluding tert-OH is 1. The van der Waals surface area contributed by atoms with Crippen molar-refractivity contribution in [3.63, 3.8) is 0 Å². The molecule has 0 aromatic heterocycles. The number of carboxylic acids is 2. The van der Waals surface area contributed by atoms with E-state index in [1.54, 1.807) is 0 Å². The molecule has 0 aromatic carbocycles. The Bertz CT molecular complexity index is 384. The van der Waals surface area contributed by atoms with Crippen LogP contribution in [0.2, 0.25) is 0 Å². The number of hydrogen-bond donors (Lipinski definition) is 1. The van der Waals surface area contributed by atoms with Gasteiger partial charge in [0, 0.05) is 55.3 Å². The molecule has 0 aromatic rings. The average Bonchev–Trinajstić information content (AvgIpc) is 2.21. The summed E-state index contributed by atoms with van der Waals surface area (Å²) in [6, 6.07) is 0. The Morgan fingerprint density at radius 2 is 1.65 bits per heavy atom. The SMILES string of the molecule is O=C([O-])C(=O)CC1(C(=O)[O-])C=CC(O)C=C1.[Ba]. The molecule has 0 heterocycles. The molecule has 1 N–H and O–H groups in total. The van der Waals surface area contributed by atoms with Crippen LogP contribution in [0.1, 0.15) is 6.42 Å². The molecule has 2 radical (unpaired) electrons. The smallest absolute Gasteiger partial charge is 0.179 e. The number of aliphatic hydroxyl groups is 1. The quantitative estimate of drug-likeness (QED) is 0.316. The number of carbonyl (C=O) groups is 3. The van der Waals surface area contributed by atoms with Crippen LogP contribution >= 0.6 is 0 Å². The first-order chi connectivity index (χ1) is 7.37. The Hall–Kier alpha value is -0.379. The Morgan fingerprint density at radius 1 is 1.18 bits per heavy atom. The predicted molar refractivity (Wildman–Crippen MR) is 52.1 cm³/mol. The minimum Gasteiger partial charge on any atom is -0.549 e. The van der Waals surface area contributed by atoms with Gasteiger partial charge in [0.1, 0.15) is 5.97 Å². The molecule has 17 heavy (non-hydrogen) atoms. The van der Waals surface area contributed by atoms with Crippen LogP contribution in [-0.2, 0) is 14.4 Å². The van der Waals surface area contributed by atoms with E-state index in [9.17, 15) is 24.6 Å². The van der Waals surface area contributed by atoms with E-state index in [-0.39, 0.29) is 48.9 Å². The largest absolute Gasteiger partial charge is 0.549 e. The van der Waals surface area contributed by atoms with E-state index in [2.05, 4.69) is 0 Å². The van der Waals surface area contributed by atoms with Gasteiger partial charge in [-0.3, -0.25) is 4.79 Å². The van der Waals surface area contributed by atoms with Crippen LogP contribution in [0.5, 0.6) is 0 Å². The van der Waals surface area contributed by atoms with Gasteiger partial charge in [0.25, 0.3) is 0 Å². The predicted octanol–water partition coefficient (Wildman–Crippen LogP) is -3.46. The Balaban J connectivity index is 0.00000256. The second-order valence-electron chi connectivity index (χ2n) is 3.42. The van der Waals surface area contributed by atoms with E-state index in [4.69, 9.17) is 5.11 Å². The maximum atomic E-state index is 10.9. The zero-order valence-corrected chi connectivity index (χ0v) is 13.2. The molecule has 7 heteroatoms. The molecule has 1 aliphatic carbocycles. The minimum absolute atomic E-state index is 0. The van der Waals surface area contributed by atoms with Crippen LogP contribution in [0.3, 0.4) is 0 Å². The minimum atomic E-state index is -1.95. The summed E-state index contributed by atoms with van der Waals surface area (Å²) in [5.41, 5.74) is -1.82. The topological polar surface area (TPSA) is 118 Å². The number of hydrogen-bond acceptors (Lipinski definition) is 6. The fraction of sp³-hybridized carbons (Fsp3) is 0.300. The summed E-state index contributed by atoms with van der Waals surface area (Å²) in [5, 5.41) is 30.2. The molecule has 0 atom stereocenters. The molecular formula is C10H8BaO6-2. The summed E-state index contributed by atoms with van der Waals surface area (Å²) in [6.07, 6.45) is 2.60. The summed E-state index contributed by atoms with van der Waals surface area (Å²) in [4.78, 5) is 32.0. The molecule has 0 spiro atoms. The molecule has 0 unspecified atom stereocenters. The van der Waals surface area contributed by atoms with Crippen molar-refractivity contribution in [3.05, 3.63) is 24.3 Å². The molecule has 0 bridgehead atoms. The van der Waals surface area contributed by atoms with E-state index in [0.717, 1.165) is 24.3 Å². The summed E-state index contributed by atoms with van der Waals surface area (Å²) >= 11 is 0. The monoisotopic (exact) mass is 362 g/mol. The maximum absolute atomic E-state index is 10.9. The zero-order valence-electron chi connectivity index (χ0n) is 8.79. The van der Waals surface area contributed by atoms with Crippen LogP contribution in [0, 0.1) is 5.41 Å². The average molecular weight is 361 g/mol. The third-order valence-electron chi connectivity index (χ3n) is 2.24. The number of rotatable bonds is 4. The van der Waals surface area contributed by atoms with Gasteiger partial charge < -0.3 is 24.9 Å². The molecule has 0 saturated heterocycles. The first-order valence-corrected chi connectivity index (χ1v) is 4.40. The van der Waals surface area contributed by atoms with E-state index >= 15 is 0 Å². The standard InChI is InChI=1S/C10H10O6.Ba/c11-6-1-3-10(4-2-6,9(15)16)5-7(12)8(13)14;/h1-4,6,11H,5H2,(H,13,14)(H,15,16);/p-2. The Morgan fingerprint density at radius 3 is 2.00 bits per heavy atom. The second kappa shape index (κ2) is 6.53. The molecule has 0 aliphatic heterocycles. The third-order valence-corrected chi connectivity index (χ3v) is 2.24. The Labute approximate surface area is 137 Å². The van der Waals surface area contributed by atoms with Gasteiger partial charge in [0.2, 0.25) is 0 Å². The van der Waals surface area contributed by atoms with Gasteiger partial charge in [-0.05, 0) is 0 Å². The first-order valence-electron chi connectivity index (χ1n) is 4.40. The fourth-order valence-electron chi connectivity index (χ4n) is 1.32. The molecule has 0 amide bonds. The zero-order chi connectivity index (χ0) is 12.3. The van der Waals surface area contributed by atoms with Gasteiger partial charge >= 0.3 is 0 Å². The maximum Gasteiger partial charge on any atom is 0.179 e. The van der Waals surface area contributed by atoms with E-state index in [1.165, 1.54) is 0 Å². The molecule has 0 saturated carbocycles. The Kier molecular flexibility index (Phi) is 6.38. The third kappa shape index (κ3) is 4.09. The molecule has 0 fully saturated rings. The van der Waals surface area contributed by atoms with Crippen molar-refractivity contribution in [2.75, 3.05) is 0 Å². The molecule has 88 valence electrons. The van der Waals surface area contributed by atoms with Gasteiger partial charge in [-0.15, -0.1) is 0 Å². The van der Waals surface area contributed by atoms with E-state index in [1.807, 2.05) is 0 Å². The second-order valence-corrected chi connectivity index (χ2v) is 3.42. The number of carboxylic acid groups (broad SMARTS) is 2. The summed E-state index contributed by atoms with van der Waals surface area (Å²) in [6.45, 7) is 0. The van der Waals surface area contributed by atoms with Crippen molar-refractivity contribution in [2.24, 2.45) is 5.41 Å². The number of aliphatic carboxylic acids is 2.